The fraction of sp³-hybridized carbons (Fsp3) is 0.533. The van der Waals surface area contributed by atoms with Gasteiger partial charge in [-0.25, -0.2) is 4.79 Å². The third-order valence-electron chi connectivity index (χ3n) is 2.76. The van der Waals surface area contributed by atoms with Crippen LogP contribution in [0, 0.1) is 10.1 Å². The fourth-order valence-corrected chi connectivity index (χ4v) is 1.75. The molecular formula is C15H21NO7. The molecule has 0 aliphatic rings. The maximum atomic E-state index is 11.9. The number of hydrogen-bond acceptors (Lipinski definition) is 7. The maximum absolute atomic E-state index is 11.9. The van der Waals surface area contributed by atoms with Gasteiger partial charge in [0, 0.05) is 13.2 Å². The highest BCUT2D eigenvalue weighted by Crippen LogP contribution is 2.35. The summed E-state index contributed by atoms with van der Waals surface area (Å²) in [6.07, 6.45) is 0.739. The van der Waals surface area contributed by atoms with Crippen LogP contribution in [-0.2, 0) is 9.47 Å². The van der Waals surface area contributed by atoms with Gasteiger partial charge >= 0.3 is 5.97 Å². The topological polar surface area (TPSA) is 97.1 Å². The first-order valence-corrected chi connectivity index (χ1v) is 7.29. The Balaban J connectivity index is 3.23. The zero-order valence-electron chi connectivity index (χ0n) is 13.5. The molecule has 0 bridgehead atoms. The van der Waals surface area contributed by atoms with Gasteiger partial charge in [0.2, 0.25) is 0 Å². The van der Waals surface area contributed by atoms with Gasteiger partial charge in [0.1, 0.15) is 12.2 Å². The molecule has 8 nitrogen and oxygen atoms in total. The lowest BCUT2D eigenvalue weighted by Crippen LogP contribution is -2.11. The summed E-state index contributed by atoms with van der Waals surface area (Å²) in [5.41, 5.74) is -0.554. The van der Waals surface area contributed by atoms with Crippen molar-refractivity contribution in [3.63, 3.8) is 0 Å². The van der Waals surface area contributed by atoms with Crippen molar-refractivity contribution in [3.05, 3.63) is 27.8 Å². The van der Waals surface area contributed by atoms with Crippen LogP contribution in [0.1, 0.15) is 30.6 Å². The molecule has 0 unspecified atom stereocenters. The number of rotatable bonds is 10. The van der Waals surface area contributed by atoms with Gasteiger partial charge in [0.05, 0.1) is 30.8 Å². The van der Waals surface area contributed by atoms with Crippen molar-refractivity contribution < 1.29 is 28.7 Å². The van der Waals surface area contributed by atoms with Crippen molar-refractivity contribution in [3.8, 4) is 11.5 Å². The number of nitrogens with zero attached hydrogens (tertiary/aromatic N) is 1. The van der Waals surface area contributed by atoms with Crippen LogP contribution in [0.2, 0.25) is 0 Å². The van der Waals surface area contributed by atoms with E-state index in [0.717, 1.165) is 6.42 Å². The van der Waals surface area contributed by atoms with E-state index in [0.29, 0.717) is 13.2 Å². The van der Waals surface area contributed by atoms with Gasteiger partial charge in [0.15, 0.2) is 11.5 Å². The molecule has 0 heterocycles. The van der Waals surface area contributed by atoms with Crippen molar-refractivity contribution >= 4 is 11.7 Å². The Morgan fingerprint density at radius 3 is 2.35 bits per heavy atom. The molecule has 23 heavy (non-hydrogen) atoms. The summed E-state index contributed by atoms with van der Waals surface area (Å²) in [7, 11) is 1.52. The van der Waals surface area contributed by atoms with Crippen LogP contribution in [0.3, 0.4) is 0 Å². The van der Waals surface area contributed by atoms with E-state index in [-0.39, 0.29) is 36.0 Å². The number of methoxy groups -OCH3 is 1. The number of ether oxygens (including phenoxy) is 4. The van der Waals surface area contributed by atoms with Gasteiger partial charge < -0.3 is 18.9 Å². The summed E-state index contributed by atoms with van der Waals surface area (Å²) in [6.45, 7) is 4.58. The van der Waals surface area contributed by atoms with Crippen molar-refractivity contribution in [1.29, 1.82) is 0 Å². The van der Waals surface area contributed by atoms with Crippen LogP contribution in [0.25, 0.3) is 0 Å². The summed E-state index contributed by atoms with van der Waals surface area (Å²) >= 11 is 0. The molecule has 1 rings (SSSR count). The van der Waals surface area contributed by atoms with Crippen molar-refractivity contribution in [2.24, 2.45) is 0 Å². The Morgan fingerprint density at radius 1 is 1.13 bits per heavy atom. The van der Waals surface area contributed by atoms with E-state index in [9.17, 15) is 14.9 Å². The number of nitro benzene ring substituents is 1. The van der Waals surface area contributed by atoms with E-state index in [2.05, 4.69) is 0 Å². The average Bonchev–Trinajstić information content (AvgIpc) is 2.53. The van der Waals surface area contributed by atoms with E-state index < -0.39 is 10.9 Å². The molecule has 0 radical (unpaired) electrons. The highest BCUT2D eigenvalue weighted by molar-refractivity contribution is 5.95. The maximum Gasteiger partial charge on any atom is 0.345 e. The first-order valence-electron chi connectivity index (χ1n) is 7.29. The lowest BCUT2D eigenvalue weighted by molar-refractivity contribution is -0.385. The normalized spacial score (nSPS) is 10.2. The van der Waals surface area contributed by atoms with Gasteiger partial charge in [-0.3, -0.25) is 10.1 Å². The van der Waals surface area contributed by atoms with Crippen LogP contribution in [0.15, 0.2) is 12.1 Å². The number of carbonyl (C=O) groups is 1. The third kappa shape index (κ3) is 5.41. The van der Waals surface area contributed by atoms with Crippen LogP contribution < -0.4 is 9.47 Å². The number of esters is 1. The predicted octanol–water partition coefficient (Wildman–Crippen LogP) is 2.59. The Bertz CT molecular complexity index is 545. The molecule has 0 N–H and O–H groups in total. The zero-order valence-corrected chi connectivity index (χ0v) is 13.5. The van der Waals surface area contributed by atoms with Crippen molar-refractivity contribution in [2.45, 2.75) is 20.3 Å². The van der Waals surface area contributed by atoms with E-state index in [4.69, 9.17) is 18.9 Å². The third-order valence-corrected chi connectivity index (χ3v) is 2.76. The average molecular weight is 327 g/mol. The monoisotopic (exact) mass is 327 g/mol. The van der Waals surface area contributed by atoms with E-state index in [1.54, 1.807) is 6.92 Å². The summed E-state index contributed by atoms with van der Waals surface area (Å²) < 4.78 is 20.7. The molecule has 0 aromatic heterocycles. The van der Waals surface area contributed by atoms with Crippen LogP contribution in [-0.4, -0.2) is 44.4 Å². The quantitative estimate of drug-likeness (QED) is 0.282. The van der Waals surface area contributed by atoms with Crippen molar-refractivity contribution in [1.82, 2.24) is 0 Å². The second-order valence-corrected chi connectivity index (χ2v) is 4.48. The molecular weight excluding hydrogens is 306 g/mol. The first-order chi connectivity index (χ1) is 11.0. The van der Waals surface area contributed by atoms with E-state index in [1.807, 2.05) is 6.92 Å². The van der Waals surface area contributed by atoms with Gasteiger partial charge in [-0.05, 0) is 13.3 Å². The molecule has 0 aliphatic heterocycles. The molecule has 0 saturated heterocycles. The largest absolute Gasteiger partial charge is 0.490 e. The number of hydrogen-bond donors (Lipinski definition) is 0. The summed E-state index contributed by atoms with van der Waals surface area (Å²) in [5.74, 6) is -0.323. The lowest BCUT2D eigenvalue weighted by Gasteiger charge is -2.14. The molecule has 0 aliphatic carbocycles. The van der Waals surface area contributed by atoms with Crippen LogP contribution >= 0.6 is 0 Å². The van der Waals surface area contributed by atoms with Crippen molar-refractivity contribution in [2.75, 3.05) is 33.5 Å². The van der Waals surface area contributed by atoms with Crippen LogP contribution in [0.4, 0.5) is 5.69 Å². The number of carbonyl (C=O) groups excluding carboxylic acids is 1. The molecule has 0 amide bonds. The Hall–Kier alpha value is -2.35. The molecule has 1 aromatic carbocycles. The highest BCUT2D eigenvalue weighted by Gasteiger charge is 2.25. The predicted molar refractivity (Wildman–Crippen MR) is 82.2 cm³/mol. The number of benzene rings is 1. The minimum atomic E-state index is -0.774. The molecule has 128 valence electrons. The minimum absolute atomic E-state index is 0.118. The highest BCUT2D eigenvalue weighted by atomic mass is 16.6. The van der Waals surface area contributed by atoms with Gasteiger partial charge in [-0.1, -0.05) is 6.92 Å². The van der Waals surface area contributed by atoms with Gasteiger partial charge in [-0.2, -0.15) is 0 Å². The Kier molecular flexibility index (Phi) is 7.82. The second-order valence-electron chi connectivity index (χ2n) is 4.48. The molecule has 8 heteroatoms. The van der Waals surface area contributed by atoms with Crippen LogP contribution in [0.5, 0.6) is 11.5 Å². The molecule has 0 saturated carbocycles. The van der Waals surface area contributed by atoms with E-state index in [1.165, 1.54) is 19.2 Å². The smallest absolute Gasteiger partial charge is 0.345 e. The van der Waals surface area contributed by atoms with Gasteiger partial charge in [-0.15, -0.1) is 0 Å². The standard InChI is InChI=1S/C15H21NO7/c1-4-6-22-13-9-11(15(17)21-5-2)12(16(18)19)10-14(13)23-8-7-20-3/h9-10H,4-8H2,1-3H3. The Labute approximate surface area is 134 Å². The zero-order chi connectivity index (χ0) is 17.2. The first kappa shape index (κ1) is 18.7. The Morgan fingerprint density at radius 2 is 1.78 bits per heavy atom. The summed E-state index contributed by atoms with van der Waals surface area (Å²) in [4.78, 5) is 22.5. The molecule has 0 atom stereocenters. The molecule has 1 aromatic rings. The lowest BCUT2D eigenvalue weighted by atomic mass is 10.1. The molecule has 0 fully saturated rings. The van der Waals surface area contributed by atoms with E-state index >= 15 is 0 Å². The summed E-state index contributed by atoms with van der Waals surface area (Å²) in [6, 6.07) is 2.46. The fourth-order valence-electron chi connectivity index (χ4n) is 1.75. The summed E-state index contributed by atoms with van der Waals surface area (Å²) in [5, 5.41) is 11.2. The SMILES string of the molecule is CCCOc1cc(C(=O)OCC)c([N+](=O)[O-])cc1OCCOC. The minimum Gasteiger partial charge on any atom is -0.490 e. The second kappa shape index (κ2) is 9.62. The van der Waals surface area contributed by atoms with Gasteiger partial charge in [0.25, 0.3) is 5.69 Å². The molecule has 0 spiro atoms. The number of nitro groups is 1.